The molecule has 1 aromatic heterocycles. The molecule has 0 fully saturated rings. The van der Waals surface area contributed by atoms with E-state index in [2.05, 4.69) is 25.8 Å². The first-order chi connectivity index (χ1) is 12.3. The van der Waals surface area contributed by atoms with Crippen molar-refractivity contribution < 1.29 is 9.13 Å². The second kappa shape index (κ2) is 8.05. The third-order valence-electron chi connectivity index (χ3n) is 3.61. The molecule has 1 heterocycles. The number of halogens is 1. The maximum Gasteiger partial charge on any atom is 0.244 e. The number of aromatic nitrogens is 3. The molecule has 0 radical (unpaired) electrons. The summed E-state index contributed by atoms with van der Waals surface area (Å²) in [4.78, 5) is 4.33. The number of anilines is 2. The molecule has 3 rings (SSSR count). The minimum atomic E-state index is -0.270. The Kier molecular flexibility index (Phi) is 5.36. The highest BCUT2D eigenvalue weighted by Crippen LogP contribution is 2.18. The van der Waals surface area contributed by atoms with Gasteiger partial charge < -0.3 is 15.4 Å². The molecule has 128 valence electrons. The molecular formula is C18H18FN5O. The molecule has 2 N–H and O–H groups in total. The summed E-state index contributed by atoms with van der Waals surface area (Å²) in [6, 6.07) is 14.3. The summed E-state index contributed by atoms with van der Waals surface area (Å²) in [5, 5.41) is 14.0. The van der Waals surface area contributed by atoms with Crippen LogP contribution in [0.15, 0.2) is 54.7 Å². The number of methoxy groups -OCH3 is 1. The van der Waals surface area contributed by atoms with Crippen molar-refractivity contribution in [2.75, 3.05) is 17.7 Å². The molecule has 0 bridgehead atoms. The third-order valence-corrected chi connectivity index (χ3v) is 3.61. The van der Waals surface area contributed by atoms with Gasteiger partial charge in [-0.05, 0) is 12.1 Å². The number of nitrogens with one attached hydrogen (secondary N) is 2. The molecule has 0 spiro atoms. The molecule has 0 amide bonds. The van der Waals surface area contributed by atoms with Gasteiger partial charge in [-0.1, -0.05) is 36.4 Å². The Balaban J connectivity index is 1.62. The highest BCUT2D eigenvalue weighted by atomic mass is 19.1. The fourth-order valence-electron chi connectivity index (χ4n) is 2.31. The second-order valence-corrected chi connectivity index (χ2v) is 5.28. The van der Waals surface area contributed by atoms with E-state index < -0.39 is 0 Å². The molecule has 6 nitrogen and oxygen atoms in total. The van der Waals surface area contributed by atoms with Crippen LogP contribution >= 0.6 is 0 Å². The van der Waals surface area contributed by atoms with Gasteiger partial charge in [0.1, 0.15) is 11.6 Å². The Morgan fingerprint density at radius 3 is 2.48 bits per heavy atom. The zero-order valence-electron chi connectivity index (χ0n) is 13.7. The second-order valence-electron chi connectivity index (χ2n) is 5.28. The van der Waals surface area contributed by atoms with E-state index in [0.29, 0.717) is 23.9 Å². The van der Waals surface area contributed by atoms with Crippen molar-refractivity contribution in [2.45, 2.75) is 13.1 Å². The van der Waals surface area contributed by atoms with E-state index in [1.54, 1.807) is 25.3 Å². The Bertz CT molecular complexity index is 843. The SMILES string of the molecule is COc1ccccc1CNc1cnnc(NCc2ccccc2F)n1. The number of hydrogen-bond acceptors (Lipinski definition) is 6. The predicted molar refractivity (Wildman–Crippen MR) is 93.9 cm³/mol. The molecule has 0 saturated carbocycles. The standard InChI is InChI=1S/C18H18FN5O/c1-25-16-9-5-3-7-14(16)11-20-17-12-22-24-18(23-17)21-10-13-6-2-4-8-15(13)19/h2-9,12H,10-11H2,1H3,(H2,20,21,23,24). The average molecular weight is 339 g/mol. The van der Waals surface area contributed by atoms with E-state index in [1.807, 2.05) is 24.3 Å². The smallest absolute Gasteiger partial charge is 0.244 e. The normalized spacial score (nSPS) is 10.3. The minimum Gasteiger partial charge on any atom is -0.496 e. The van der Waals surface area contributed by atoms with Gasteiger partial charge in [0.25, 0.3) is 0 Å². The summed E-state index contributed by atoms with van der Waals surface area (Å²) in [5.41, 5.74) is 1.54. The zero-order chi connectivity index (χ0) is 17.5. The molecule has 0 aliphatic rings. The molecule has 3 aromatic rings. The van der Waals surface area contributed by atoms with Crippen LogP contribution in [0.2, 0.25) is 0 Å². The summed E-state index contributed by atoms with van der Waals surface area (Å²) in [7, 11) is 1.63. The number of ether oxygens (including phenoxy) is 1. The van der Waals surface area contributed by atoms with E-state index in [4.69, 9.17) is 4.74 Å². The van der Waals surface area contributed by atoms with Gasteiger partial charge in [0, 0.05) is 24.2 Å². The number of para-hydroxylation sites is 1. The molecule has 0 aliphatic heterocycles. The summed E-state index contributed by atoms with van der Waals surface area (Å²) in [6.07, 6.45) is 1.53. The van der Waals surface area contributed by atoms with Crippen LogP contribution in [0.25, 0.3) is 0 Å². The topological polar surface area (TPSA) is 72.0 Å². The summed E-state index contributed by atoms with van der Waals surface area (Å²) < 4.78 is 19.0. The molecule has 25 heavy (non-hydrogen) atoms. The van der Waals surface area contributed by atoms with Crippen LogP contribution in [0.3, 0.4) is 0 Å². The van der Waals surface area contributed by atoms with Crippen molar-refractivity contribution in [3.8, 4) is 5.75 Å². The van der Waals surface area contributed by atoms with Crippen LogP contribution in [-0.2, 0) is 13.1 Å². The number of rotatable bonds is 7. The van der Waals surface area contributed by atoms with Gasteiger partial charge >= 0.3 is 0 Å². The van der Waals surface area contributed by atoms with Crippen molar-refractivity contribution >= 4 is 11.8 Å². The lowest BCUT2D eigenvalue weighted by molar-refractivity contribution is 0.410. The van der Waals surface area contributed by atoms with Crippen molar-refractivity contribution in [2.24, 2.45) is 0 Å². The van der Waals surface area contributed by atoms with Crippen LogP contribution in [0, 0.1) is 5.82 Å². The lowest BCUT2D eigenvalue weighted by atomic mass is 10.2. The van der Waals surface area contributed by atoms with Crippen LogP contribution in [-0.4, -0.2) is 22.3 Å². The summed E-state index contributed by atoms with van der Waals surface area (Å²) in [6.45, 7) is 0.819. The fourth-order valence-corrected chi connectivity index (χ4v) is 2.31. The van der Waals surface area contributed by atoms with E-state index in [-0.39, 0.29) is 12.4 Å². The van der Waals surface area contributed by atoms with Gasteiger partial charge in [-0.2, -0.15) is 10.1 Å². The average Bonchev–Trinajstić information content (AvgIpc) is 2.66. The Labute approximate surface area is 145 Å². The monoisotopic (exact) mass is 339 g/mol. The van der Waals surface area contributed by atoms with Crippen LogP contribution in [0.5, 0.6) is 5.75 Å². The largest absolute Gasteiger partial charge is 0.496 e. The zero-order valence-corrected chi connectivity index (χ0v) is 13.7. The van der Waals surface area contributed by atoms with Gasteiger partial charge in [-0.3, -0.25) is 0 Å². The van der Waals surface area contributed by atoms with Gasteiger partial charge in [0.2, 0.25) is 5.95 Å². The van der Waals surface area contributed by atoms with Crippen molar-refractivity contribution in [1.29, 1.82) is 0 Å². The Morgan fingerprint density at radius 1 is 0.960 bits per heavy atom. The molecule has 0 saturated heterocycles. The van der Waals surface area contributed by atoms with Crippen molar-refractivity contribution in [3.05, 3.63) is 71.7 Å². The summed E-state index contributed by atoms with van der Waals surface area (Å²) >= 11 is 0. The Morgan fingerprint density at radius 2 is 1.68 bits per heavy atom. The van der Waals surface area contributed by atoms with Crippen molar-refractivity contribution in [1.82, 2.24) is 15.2 Å². The number of nitrogens with zero attached hydrogens (tertiary/aromatic N) is 3. The first kappa shape index (κ1) is 16.6. The summed E-state index contributed by atoms with van der Waals surface area (Å²) in [5.74, 6) is 1.42. The van der Waals surface area contributed by atoms with Gasteiger partial charge in [0.15, 0.2) is 5.82 Å². The van der Waals surface area contributed by atoms with E-state index in [0.717, 1.165) is 11.3 Å². The first-order valence-corrected chi connectivity index (χ1v) is 7.79. The van der Waals surface area contributed by atoms with E-state index in [1.165, 1.54) is 12.3 Å². The van der Waals surface area contributed by atoms with Crippen LogP contribution in [0.1, 0.15) is 11.1 Å². The molecule has 0 unspecified atom stereocenters. The highest BCUT2D eigenvalue weighted by Gasteiger charge is 2.05. The lowest BCUT2D eigenvalue weighted by Crippen LogP contribution is -2.09. The maximum absolute atomic E-state index is 13.6. The van der Waals surface area contributed by atoms with Crippen LogP contribution in [0.4, 0.5) is 16.2 Å². The minimum absolute atomic E-state index is 0.270. The molecular weight excluding hydrogens is 321 g/mol. The molecule has 7 heteroatoms. The third kappa shape index (κ3) is 4.41. The predicted octanol–water partition coefficient (Wildman–Crippen LogP) is 3.24. The van der Waals surface area contributed by atoms with Crippen LogP contribution < -0.4 is 15.4 Å². The van der Waals surface area contributed by atoms with E-state index >= 15 is 0 Å². The van der Waals surface area contributed by atoms with Gasteiger partial charge in [-0.25, -0.2) is 4.39 Å². The quantitative estimate of drug-likeness (QED) is 0.688. The van der Waals surface area contributed by atoms with Gasteiger partial charge in [0.05, 0.1) is 13.3 Å². The van der Waals surface area contributed by atoms with Gasteiger partial charge in [-0.15, -0.1) is 5.10 Å². The fraction of sp³-hybridized carbons (Fsp3) is 0.167. The maximum atomic E-state index is 13.6. The lowest BCUT2D eigenvalue weighted by Gasteiger charge is -2.10. The highest BCUT2D eigenvalue weighted by molar-refractivity contribution is 5.41. The Hall–Kier alpha value is -3.22. The molecule has 2 aromatic carbocycles. The van der Waals surface area contributed by atoms with E-state index in [9.17, 15) is 4.39 Å². The first-order valence-electron chi connectivity index (χ1n) is 7.79. The number of hydrogen-bond donors (Lipinski definition) is 2. The van der Waals surface area contributed by atoms with Crippen molar-refractivity contribution in [3.63, 3.8) is 0 Å². The molecule has 0 atom stereocenters. The number of benzene rings is 2. The molecule has 0 aliphatic carbocycles.